The van der Waals surface area contributed by atoms with E-state index in [4.69, 9.17) is 0 Å². The predicted octanol–water partition coefficient (Wildman–Crippen LogP) is 4.24. The zero-order valence-electron chi connectivity index (χ0n) is 8.45. The smallest absolute Gasteiger partial charge is 0.0313 e. The van der Waals surface area contributed by atoms with Crippen molar-refractivity contribution in [2.24, 2.45) is 0 Å². The van der Waals surface area contributed by atoms with Gasteiger partial charge in [0.05, 0.1) is 0 Å². The molecule has 0 amide bonds. The van der Waals surface area contributed by atoms with E-state index < -0.39 is 0 Å². The average Bonchev–Trinajstić information content (AvgIpc) is 2.16. The van der Waals surface area contributed by atoms with Crippen LogP contribution in [0.1, 0.15) is 26.2 Å². The molecule has 0 heteroatoms. The van der Waals surface area contributed by atoms with E-state index in [1.54, 1.807) is 6.08 Å². The molecule has 0 unspecified atom stereocenters. The molecule has 0 rings (SSSR count). The molecule has 0 spiro atoms. The van der Waals surface area contributed by atoms with Crippen LogP contribution in [0.3, 0.4) is 0 Å². The largest absolute Gasteiger partial charge is 0.0845 e. The molecular formula is C13H19. The lowest BCUT2D eigenvalue weighted by Crippen LogP contribution is -1.64. The number of hydrogen-bond acceptors (Lipinski definition) is 0. The monoisotopic (exact) mass is 175 g/mol. The molecule has 1 radical (unpaired) electrons. The van der Waals surface area contributed by atoms with Crippen molar-refractivity contribution in [1.82, 2.24) is 0 Å². The maximum atomic E-state index is 3.58. The Hall–Kier alpha value is -1.04. The van der Waals surface area contributed by atoms with Gasteiger partial charge in [-0.2, -0.15) is 0 Å². The minimum Gasteiger partial charge on any atom is -0.0845 e. The quantitative estimate of drug-likeness (QED) is 0.418. The van der Waals surface area contributed by atoms with Gasteiger partial charge in [-0.3, -0.25) is 0 Å². The summed E-state index contributed by atoms with van der Waals surface area (Å²) in [6, 6.07) is 0. The van der Waals surface area contributed by atoms with Crippen LogP contribution in [0, 0.1) is 6.92 Å². The van der Waals surface area contributed by atoms with Gasteiger partial charge in [-0.05, 0) is 13.3 Å². The molecule has 0 saturated carbocycles. The van der Waals surface area contributed by atoms with Gasteiger partial charge in [0.2, 0.25) is 0 Å². The maximum Gasteiger partial charge on any atom is -0.0313 e. The Morgan fingerprint density at radius 3 is 2.15 bits per heavy atom. The lowest BCUT2D eigenvalue weighted by molar-refractivity contribution is 0.815. The fourth-order valence-electron chi connectivity index (χ4n) is 0.832. The van der Waals surface area contributed by atoms with Crippen LogP contribution in [-0.2, 0) is 0 Å². The normalized spacial score (nSPS) is 13.1. The molecule has 0 aliphatic rings. The first-order chi connectivity index (χ1) is 6.41. The molecule has 0 N–H and O–H groups in total. The van der Waals surface area contributed by atoms with E-state index in [0.717, 1.165) is 0 Å². The first-order valence-corrected chi connectivity index (χ1v) is 4.86. The van der Waals surface area contributed by atoms with Crippen molar-refractivity contribution >= 4 is 0 Å². The van der Waals surface area contributed by atoms with Gasteiger partial charge in [0.1, 0.15) is 0 Å². The fourth-order valence-corrected chi connectivity index (χ4v) is 0.832. The SMILES string of the molecule is [CH2]/C=C/C=C/C=C/C=C/CCCC. The summed E-state index contributed by atoms with van der Waals surface area (Å²) in [5.41, 5.74) is 0. The maximum absolute atomic E-state index is 3.58. The molecule has 0 atom stereocenters. The molecule has 0 aliphatic heterocycles. The topological polar surface area (TPSA) is 0 Å². The second kappa shape index (κ2) is 11.0. The second-order valence-electron chi connectivity index (χ2n) is 2.77. The third kappa shape index (κ3) is 11.0. The highest BCUT2D eigenvalue weighted by molar-refractivity contribution is 5.15. The third-order valence-electron chi connectivity index (χ3n) is 1.55. The van der Waals surface area contributed by atoms with E-state index in [9.17, 15) is 0 Å². The van der Waals surface area contributed by atoms with Crippen LogP contribution in [0.25, 0.3) is 0 Å². The average molecular weight is 175 g/mol. The molecule has 13 heavy (non-hydrogen) atoms. The summed E-state index contributed by atoms with van der Waals surface area (Å²) in [7, 11) is 0. The van der Waals surface area contributed by atoms with Crippen LogP contribution < -0.4 is 0 Å². The minimum atomic E-state index is 1.18. The summed E-state index contributed by atoms with van der Waals surface area (Å²) in [6.45, 7) is 5.79. The Morgan fingerprint density at radius 2 is 1.54 bits per heavy atom. The Bertz CT molecular complexity index is 192. The van der Waals surface area contributed by atoms with Crippen molar-refractivity contribution in [2.45, 2.75) is 26.2 Å². The summed E-state index contributed by atoms with van der Waals surface area (Å²) in [6.07, 6.45) is 19.7. The van der Waals surface area contributed by atoms with Crippen molar-refractivity contribution < 1.29 is 0 Å². The summed E-state index contributed by atoms with van der Waals surface area (Å²) in [4.78, 5) is 0. The van der Waals surface area contributed by atoms with E-state index in [1.807, 2.05) is 30.4 Å². The highest BCUT2D eigenvalue weighted by Gasteiger charge is 1.74. The van der Waals surface area contributed by atoms with Crippen LogP contribution in [0.2, 0.25) is 0 Å². The lowest BCUT2D eigenvalue weighted by Gasteiger charge is -1.84. The third-order valence-corrected chi connectivity index (χ3v) is 1.55. The van der Waals surface area contributed by atoms with Crippen molar-refractivity contribution in [3.63, 3.8) is 0 Å². The van der Waals surface area contributed by atoms with Crippen molar-refractivity contribution in [3.05, 3.63) is 55.5 Å². The Labute approximate surface area is 82.4 Å². The number of hydrogen-bond donors (Lipinski definition) is 0. The van der Waals surface area contributed by atoms with Gasteiger partial charge in [-0.25, -0.2) is 0 Å². The van der Waals surface area contributed by atoms with E-state index >= 15 is 0 Å². The Balaban J connectivity index is 3.45. The van der Waals surface area contributed by atoms with Gasteiger partial charge in [0, 0.05) is 0 Å². The highest BCUT2D eigenvalue weighted by atomic mass is 13.8. The van der Waals surface area contributed by atoms with Crippen molar-refractivity contribution in [1.29, 1.82) is 0 Å². The number of allylic oxidation sites excluding steroid dienone is 8. The standard InChI is InChI=1S/C13H19/c1-3-5-7-9-11-13-12-10-8-6-4-2/h3,5,7,9-13H,1,4,6,8H2,2H3/b5-3+,9-7+,12-10+,13-11+. The molecular weight excluding hydrogens is 156 g/mol. The van der Waals surface area contributed by atoms with Gasteiger partial charge < -0.3 is 0 Å². The van der Waals surface area contributed by atoms with Crippen molar-refractivity contribution in [2.75, 3.05) is 0 Å². The molecule has 0 bridgehead atoms. The number of unbranched alkanes of at least 4 members (excludes halogenated alkanes) is 2. The summed E-state index contributed by atoms with van der Waals surface area (Å²) < 4.78 is 0. The molecule has 0 nitrogen and oxygen atoms in total. The van der Waals surface area contributed by atoms with Gasteiger partial charge in [0.15, 0.2) is 0 Å². The zero-order valence-corrected chi connectivity index (χ0v) is 8.45. The van der Waals surface area contributed by atoms with Crippen molar-refractivity contribution in [3.8, 4) is 0 Å². The van der Waals surface area contributed by atoms with E-state index in [2.05, 4.69) is 26.0 Å². The van der Waals surface area contributed by atoms with Crippen LogP contribution in [0.5, 0.6) is 0 Å². The predicted molar refractivity (Wildman–Crippen MR) is 61.4 cm³/mol. The fraction of sp³-hybridized carbons (Fsp3) is 0.308. The second-order valence-corrected chi connectivity index (χ2v) is 2.77. The van der Waals surface area contributed by atoms with Crippen LogP contribution in [-0.4, -0.2) is 0 Å². The number of rotatable bonds is 6. The van der Waals surface area contributed by atoms with Crippen LogP contribution in [0.4, 0.5) is 0 Å². The van der Waals surface area contributed by atoms with E-state index in [-0.39, 0.29) is 0 Å². The van der Waals surface area contributed by atoms with Crippen LogP contribution >= 0.6 is 0 Å². The minimum absolute atomic E-state index is 1.18. The summed E-state index contributed by atoms with van der Waals surface area (Å²) in [5.74, 6) is 0. The van der Waals surface area contributed by atoms with Crippen LogP contribution in [0.15, 0.2) is 48.6 Å². The molecule has 0 fully saturated rings. The molecule has 0 aromatic heterocycles. The van der Waals surface area contributed by atoms with E-state index in [0.29, 0.717) is 0 Å². The Kier molecular flexibility index (Phi) is 10.1. The molecule has 0 heterocycles. The lowest BCUT2D eigenvalue weighted by atomic mass is 10.2. The summed E-state index contributed by atoms with van der Waals surface area (Å²) >= 11 is 0. The molecule has 0 aliphatic carbocycles. The van der Waals surface area contributed by atoms with Gasteiger partial charge >= 0.3 is 0 Å². The highest BCUT2D eigenvalue weighted by Crippen LogP contribution is 1.94. The molecule has 0 saturated heterocycles. The Morgan fingerprint density at radius 1 is 0.923 bits per heavy atom. The first kappa shape index (κ1) is 12.0. The van der Waals surface area contributed by atoms with Gasteiger partial charge in [-0.1, -0.05) is 68.4 Å². The molecule has 71 valence electrons. The molecule has 0 aromatic rings. The molecule has 0 aromatic carbocycles. The van der Waals surface area contributed by atoms with Gasteiger partial charge in [0.25, 0.3) is 0 Å². The zero-order chi connectivity index (χ0) is 9.78. The first-order valence-electron chi connectivity index (χ1n) is 4.86. The summed E-state index contributed by atoms with van der Waals surface area (Å²) in [5, 5.41) is 0. The van der Waals surface area contributed by atoms with E-state index in [1.165, 1.54) is 19.3 Å². The van der Waals surface area contributed by atoms with Gasteiger partial charge in [-0.15, -0.1) is 0 Å².